The zero-order valence-electron chi connectivity index (χ0n) is 11.8. The standard InChI is InChI=1S/C17H19NO2/c1-11-10-17(8-3-2-4-9-17)18-14-12(11)6-5-7-13(14)15(19)16(18)20/h5-7,11H,2-4,8-10H2,1H3/t11-/m0/s1. The maximum atomic E-state index is 12.5. The van der Waals surface area contributed by atoms with Crippen LogP contribution in [0.1, 0.15) is 67.3 Å². The monoisotopic (exact) mass is 269 g/mol. The average Bonchev–Trinajstić information content (AvgIpc) is 2.72. The van der Waals surface area contributed by atoms with Crippen molar-refractivity contribution in [2.75, 3.05) is 4.90 Å². The third kappa shape index (κ3) is 1.36. The second-order valence-corrected chi connectivity index (χ2v) is 6.60. The SMILES string of the molecule is C[C@H]1CC2(CCCCC2)N2C(=O)C(=O)c3cccc1c32. The first kappa shape index (κ1) is 12.1. The molecule has 3 aliphatic rings. The normalized spacial score (nSPS) is 27.1. The first-order valence-electron chi connectivity index (χ1n) is 7.66. The van der Waals surface area contributed by atoms with Gasteiger partial charge in [0.25, 0.3) is 11.7 Å². The fourth-order valence-electron chi connectivity index (χ4n) is 4.57. The van der Waals surface area contributed by atoms with E-state index in [1.807, 2.05) is 17.0 Å². The topological polar surface area (TPSA) is 37.4 Å². The Bertz CT molecular complexity index is 613. The van der Waals surface area contributed by atoms with Crippen LogP contribution in [-0.2, 0) is 4.79 Å². The molecule has 2 heterocycles. The number of benzene rings is 1. The summed E-state index contributed by atoms with van der Waals surface area (Å²) < 4.78 is 0. The van der Waals surface area contributed by atoms with Crippen molar-refractivity contribution in [2.24, 2.45) is 0 Å². The molecule has 2 aliphatic heterocycles. The molecule has 0 unspecified atom stereocenters. The summed E-state index contributed by atoms with van der Waals surface area (Å²) in [7, 11) is 0. The van der Waals surface area contributed by atoms with Crippen LogP contribution >= 0.6 is 0 Å². The van der Waals surface area contributed by atoms with E-state index in [0.29, 0.717) is 11.5 Å². The van der Waals surface area contributed by atoms with Crippen LogP contribution in [0.3, 0.4) is 0 Å². The first-order chi connectivity index (χ1) is 9.64. The van der Waals surface area contributed by atoms with Gasteiger partial charge in [0, 0.05) is 5.54 Å². The summed E-state index contributed by atoms with van der Waals surface area (Å²) in [5, 5.41) is 0. The quantitative estimate of drug-likeness (QED) is 0.677. The molecule has 0 N–H and O–H groups in total. The Labute approximate surface area is 119 Å². The molecule has 1 atom stereocenters. The summed E-state index contributed by atoms with van der Waals surface area (Å²) >= 11 is 0. The van der Waals surface area contributed by atoms with E-state index < -0.39 is 0 Å². The van der Waals surface area contributed by atoms with Crippen LogP contribution in [0, 0.1) is 0 Å². The molecular weight excluding hydrogens is 250 g/mol. The van der Waals surface area contributed by atoms with Crippen molar-refractivity contribution in [1.29, 1.82) is 0 Å². The van der Waals surface area contributed by atoms with E-state index in [1.165, 1.54) is 24.8 Å². The van der Waals surface area contributed by atoms with Crippen LogP contribution < -0.4 is 4.90 Å². The highest BCUT2D eigenvalue weighted by molar-refractivity contribution is 6.52. The minimum atomic E-state index is -0.305. The largest absolute Gasteiger partial charge is 0.300 e. The van der Waals surface area contributed by atoms with Crippen molar-refractivity contribution in [2.45, 2.75) is 56.9 Å². The Kier molecular flexibility index (Phi) is 2.39. The number of anilines is 1. The van der Waals surface area contributed by atoms with Crippen LogP contribution in [0.15, 0.2) is 18.2 Å². The highest BCUT2D eigenvalue weighted by atomic mass is 16.2. The Morgan fingerprint density at radius 1 is 1.15 bits per heavy atom. The molecule has 1 aromatic rings. The summed E-state index contributed by atoms with van der Waals surface area (Å²) in [6.07, 6.45) is 6.68. The minimum absolute atomic E-state index is 0.0932. The van der Waals surface area contributed by atoms with Gasteiger partial charge < -0.3 is 0 Å². The fraction of sp³-hybridized carbons (Fsp3) is 0.529. The maximum Gasteiger partial charge on any atom is 0.300 e. The molecule has 1 saturated carbocycles. The molecular formula is C17H19NO2. The molecule has 1 fully saturated rings. The molecule has 1 amide bonds. The second-order valence-electron chi connectivity index (χ2n) is 6.60. The fourth-order valence-corrected chi connectivity index (χ4v) is 4.57. The van der Waals surface area contributed by atoms with Crippen molar-refractivity contribution in [3.8, 4) is 0 Å². The molecule has 0 saturated heterocycles. The highest BCUT2D eigenvalue weighted by Crippen LogP contribution is 2.53. The maximum absolute atomic E-state index is 12.5. The lowest BCUT2D eigenvalue weighted by Gasteiger charge is -2.50. The van der Waals surface area contributed by atoms with Gasteiger partial charge in [-0.25, -0.2) is 0 Å². The Morgan fingerprint density at radius 3 is 2.65 bits per heavy atom. The van der Waals surface area contributed by atoms with E-state index in [0.717, 1.165) is 24.9 Å². The average molecular weight is 269 g/mol. The minimum Gasteiger partial charge on any atom is -0.298 e. The van der Waals surface area contributed by atoms with E-state index in [4.69, 9.17) is 0 Å². The lowest BCUT2D eigenvalue weighted by Crippen LogP contribution is -2.55. The molecule has 0 radical (unpaired) electrons. The number of carbonyl (C=O) groups is 2. The molecule has 20 heavy (non-hydrogen) atoms. The number of hydrogen-bond acceptors (Lipinski definition) is 2. The van der Waals surface area contributed by atoms with Gasteiger partial charge in [-0.15, -0.1) is 0 Å². The molecule has 1 aromatic carbocycles. The zero-order chi connectivity index (χ0) is 13.9. The number of ketones is 1. The van der Waals surface area contributed by atoms with Gasteiger partial charge in [0.1, 0.15) is 0 Å². The van der Waals surface area contributed by atoms with Gasteiger partial charge in [0.15, 0.2) is 0 Å². The van der Waals surface area contributed by atoms with Crippen LogP contribution in [-0.4, -0.2) is 17.2 Å². The molecule has 4 rings (SSSR count). The number of fused-ring (bicyclic) bond motifs is 1. The van der Waals surface area contributed by atoms with Crippen molar-refractivity contribution in [3.63, 3.8) is 0 Å². The van der Waals surface area contributed by atoms with Crippen LogP contribution in [0.5, 0.6) is 0 Å². The van der Waals surface area contributed by atoms with Gasteiger partial charge in [-0.2, -0.15) is 0 Å². The number of amides is 1. The lowest BCUT2D eigenvalue weighted by molar-refractivity contribution is -0.115. The summed E-state index contributed by atoms with van der Waals surface area (Å²) in [6.45, 7) is 2.23. The Morgan fingerprint density at radius 2 is 1.90 bits per heavy atom. The summed E-state index contributed by atoms with van der Waals surface area (Å²) in [6, 6.07) is 5.81. The van der Waals surface area contributed by atoms with Gasteiger partial charge in [0.05, 0.1) is 11.3 Å². The summed E-state index contributed by atoms with van der Waals surface area (Å²) in [5.41, 5.74) is 2.65. The van der Waals surface area contributed by atoms with Crippen molar-refractivity contribution >= 4 is 17.4 Å². The third-order valence-electron chi connectivity index (χ3n) is 5.41. The van der Waals surface area contributed by atoms with Gasteiger partial charge in [-0.1, -0.05) is 38.3 Å². The lowest BCUT2D eigenvalue weighted by atomic mass is 9.70. The van der Waals surface area contributed by atoms with Crippen molar-refractivity contribution in [1.82, 2.24) is 0 Å². The number of nitrogens with zero attached hydrogens (tertiary/aromatic N) is 1. The van der Waals surface area contributed by atoms with Gasteiger partial charge in [-0.05, 0) is 36.8 Å². The predicted octanol–water partition coefficient (Wildman–Crippen LogP) is 3.43. The van der Waals surface area contributed by atoms with E-state index in [1.54, 1.807) is 0 Å². The molecule has 104 valence electrons. The third-order valence-corrected chi connectivity index (χ3v) is 5.41. The number of hydrogen-bond donors (Lipinski definition) is 0. The van der Waals surface area contributed by atoms with Crippen LogP contribution in [0.25, 0.3) is 0 Å². The van der Waals surface area contributed by atoms with E-state index in [9.17, 15) is 9.59 Å². The number of carbonyl (C=O) groups excluding carboxylic acids is 2. The number of Topliss-reactive ketones (excluding diaryl/α,β-unsaturated/α-hetero) is 1. The zero-order valence-corrected chi connectivity index (χ0v) is 11.8. The molecule has 0 aromatic heterocycles. The first-order valence-corrected chi connectivity index (χ1v) is 7.66. The Balaban J connectivity index is 1.95. The molecule has 3 nitrogen and oxygen atoms in total. The Hall–Kier alpha value is -1.64. The van der Waals surface area contributed by atoms with Gasteiger partial charge in [-0.3, -0.25) is 14.5 Å². The molecule has 3 heteroatoms. The molecule has 0 bridgehead atoms. The number of para-hydroxylation sites is 1. The van der Waals surface area contributed by atoms with Crippen LogP contribution in [0.4, 0.5) is 5.69 Å². The summed E-state index contributed by atoms with van der Waals surface area (Å²) in [4.78, 5) is 26.7. The molecule has 1 aliphatic carbocycles. The number of rotatable bonds is 0. The van der Waals surface area contributed by atoms with E-state index in [-0.39, 0.29) is 17.2 Å². The highest BCUT2D eigenvalue weighted by Gasteiger charge is 2.53. The second kappa shape index (κ2) is 3.94. The smallest absolute Gasteiger partial charge is 0.298 e. The molecule has 1 spiro atoms. The van der Waals surface area contributed by atoms with Gasteiger partial charge >= 0.3 is 0 Å². The van der Waals surface area contributed by atoms with Crippen LogP contribution in [0.2, 0.25) is 0 Å². The van der Waals surface area contributed by atoms with Crippen molar-refractivity contribution < 1.29 is 9.59 Å². The van der Waals surface area contributed by atoms with E-state index >= 15 is 0 Å². The summed E-state index contributed by atoms with van der Waals surface area (Å²) in [5.74, 6) is -0.167. The van der Waals surface area contributed by atoms with Crippen molar-refractivity contribution in [3.05, 3.63) is 29.3 Å². The van der Waals surface area contributed by atoms with Gasteiger partial charge in [0.2, 0.25) is 0 Å². The predicted molar refractivity (Wildman–Crippen MR) is 77.1 cm³/mol. The van der Waals surface area contributed by atoms with E-state index in [2.05, 4.69) is 13.0 Å².